The highest BCUT2D eigenvalue weighted by Crippen LogP contribution is 2.33. The van der Waals surface area contributed by atoms with E-state index in [0.29, 0.717) is 0 Å². The third-order valence-corrected chi connectivity index (χ3v) is 3.87. The summed E-state index contributed by atoms with van der Waals surface area (Å²) < 4.78 is 28.5. The van der Waals surface area contributed by atoms with Crippen molar-refractivity contribution in [3.05, 3.63) is 28.2 Å². The van der Waals surface area contributed by atoms with Crippen molar-refractivity contribution in [2.75, 3.05) is 4.90 Å². The Morgan fingerprint density at radius 2 is 1.81 bits per heavy atom. The van der Waals surface area contributed by atoms with E-state index >= 15 is 0 Å². The summed E-state index contributed by atoms with van der Waals surface area (Å²) in [7, 11) is 0. The Balaban J connectivity index is 2.63. The van der Waals surface area contributed by atoms with Crippen molar-refractivity contribution in [1.82, 2.24) is 5.32 Å². The molecule has 114 valence electrons. The average molecular weight is 361 g/mol. The minimum atomic E-state index is -1.21. The monoisotopic (exact) mass is 360 g/mol. The molecular weight excluding hydrogens is 346 g/mol. The first-order valence-electron chi connectivity index (χ1n) is 6.49. The summed E-state index contributed by atoms with van der Waals surface area (Å²) in [6, 6.07) is 1.20. The summed E-state index contributed by atoms with van der Waals surface area (Å²) in [5.74, 6) is -2.75. The molecule has 7 heteroatoms. The van der Waals surface area contributed by atoms with Gasteiger partial charge in [0, 0.05) is 4.47 Å². The summed E-state index contributed by atoms with van der Waals surface area (Å²) in [5, 5.41) is 2.57. The molecule has 0 bridgehead atoms. The number of anilines is 1. The Hall–Kier alpha value is -1.50. The standard InChI is InChI=1S/C14H15BrF2N2O2/c1-4-10-12(20)18-14(2,3)13(21)19(10)11-8(16)5-7(15)6-9(11)17/h5-6,10H,4H2,1-3H3,(H,18,20). The highest BCUT2D eigenvalue weighted by molar-refractivity contribution is 9.10. The molecule has 0 aliphatic carbocycles. The van der Waals surface area contributed by atoms with E-state index in [-0.39, 0.29) is 10.9 Å². The van der Waals surface area contributed by atoms with Crippen LogP contribution in [0.25, 0.3) is 0 Å². The fourth-order valence-electron chi connectivity index (χ4n) is 2.39. The molecule has 0 spiro atoms. The van der Waals surface area contributed by atoms with Crippen LogP contribution >= 0.6 is 15.9 Å². The number of nitrogens with zero attached hydrogens (tertiary/aromatic N) is 1. The highest BCUT2D eigenvalue weighted by atomic mass is 79.9. The molecule has 1 aliphatic heterocycles. The lowest BCUT2D eigenvalue weighted by molar-refractivity contribution is -0.137. The molecule has 1 aromatic rings. The zero-order valence-corrected chi connectivity index (χ0v) is 13.4. The Kier molecular flexibility index (Phi) is 4.06. The SMILES string of the molecule is CCC1C(=O)NC(C)(C)C(=O)N1c1c(F)cc(Br)cc1F. The first kappa shape index (κ1) is 15.9. The molecule has 1 unspecified atom stereocenters. The number of nitrogens with one attached hydrogen (secondary N) is 1. The van der Waals surface area contributed by atoms with Gasteiger partial charge in [-0.15, -0.1) is 0 Å². The molecule has 1 N–H and O–H groups in total. The summed E-state index contributed by atoms with van der Waals surface area (Å²) in [6.45, 7) is 4.68. The molecule has 1 heterocycles. The second-order valence-electron chi connectivity index (χ2n) is 5.43. The quantitative estimate of drug-likeness (QED) is 0.881. The second kappa shape index (κ2) is 5.36. The number of carbonyl (C=O) groups excluding carboxylic acids is 2. The first-order valence-corrected chi connectivity index (χ1v) is 7.28. The Bertz CT molecular complexity index is 596. The maximum Gasteiger partial charge on any atom is 0.253 e. The summed E-state index contributed by atoms with van der Waals surface area (Å²) in [5.41, 5.74) is -1.70. The number of hydrogen-bond donors (Lipinski definition) is 1. The van der Waals surface area contributed by atoms with Gasteiger partial charge in [-0.1, -0.05) is 22.9 Å². The van der Waals surface area contributed by atoms with Gasteiger partial charge in [-0.05, 0) is 32.4 Å². The van der Waals surface area contributed by atoms with E-state index in [2.05, 4.69) is 21.2 Å². The molecular formula is C14H15BrF2N2O2. The zero-order valence-electron chi connectivity index (χ0n) is 11.8. The van der Waals surface area contributed by atoms with Gasteiger partial charge >= 0.3 is 0 Å². The molecule has 2 amide bonds. The van der Waals surface area contributed by atoms with Crippen molar-refractivity contribution >= 4 is 33.4 Å². The number of benzene rings is 1. The molecule has 2 rings (SSSR count). The van der Waals surface area contributed by atoms with Crippen molar-refractivity contribution in [2.24, 2.45) is 0 Å². The minimum absolute atomic E-state index is 0.225. The van der Waals surface area contributed by atoms with Crippen LogP contribution in [0.2, 0.25) is 0 Å². The lowest BCUT2D eigenvalue weighted by atomic mass is 9.95. The van der Waals surface area contributed by atoms with Crippen molar-refractivity contribution in [3.63, 3.8) is 0 Å². The first-order chi connectivity index (χ1) is 9.69. The van der Waals surface area contributed by atoms with Crippen molar-refractivity contribution in [2.45, 2.75) is 38.8 Å². The predicted molar refractivity (Wildman–Crippen MR) is 77.8 cm³/mol. The van der Waals surface area contributed by atoms with Gasteiger partial charge in [0.15, 0.2) is 11.6 Å². The van der Waals surface area contributed by atoms with Crippen molar-refractivity contribution in [1.29, 1.82) is 0 Å². The molecule has 1 aromatic carbocycles. The van der Waals surface area contributed by atoms with Crippen LogP contribution in [-0.4, -0.2) is 23.4 Å². The Labute approximate surface area is 129 Å². The van der Waals surface area contributed by atoms with Crippen LogP contribution in [0.15, 0.2) is 16.6 Å². The number of hydrogen-bond acceptors (Lipinski definition) is 2. The fraction of sp³-hybridized carbons (Fsp3) is 0.429. The molecule has 0 radical (unpaired) electrons. The van der Waals surface area contributed by atoms with Crippen LogP contribution in [0.1, 0.15) is 27.2 Å². The molecule has 1 fully saturated rings. The van der Waals surface area contributed by atoms with Crippen LogP contribution in [0.3, 0.4) is 0 Å². The van der Waals surface area contributed by atoms with Gasteiger partial charge in [0.25, 0.3) is 5.91 Å². The minimum Gasteiger partial charge on any atom is -0.340 e. The summed E-state index contributed by atoms with van der Waals surface area (Å²) >= 11 is 2.99. The molecule has 0 saturated carbocycles. The van der Waals surface area contributed by atoms with E-state index in [1.165, 1.54) is 13.8 Å². The van der Waals surface area contributed by atoms with Crippen LogP contribution < -0.4 is 10.2 Å². The van der Waals surface area contributed by atoms with Gasteiger partial charge in [-0.3, -0.25) is 14.5 Å². The Morgan fingerprint density at radius 3 is 2.29 bits per heavy atom. The lowest BCUT2D eigenvalue weighted by Gasteiger charge is -2.42. The van der Waals surface area contributed by atoms with Gasteiger partial charge in [-0.25, -0.2) is 8.78 Å². The van der Waals surface area contributed by atoms with E-state index in [4.69, 9.17) is 0 Å². The van der Waals surface area contributed by atoms with E-state index in [1.807, 2.05) is 0 Å². The third kappa shape index (κ3) is 2.66. The normalized spacial score (nSPS) is 21.4. The molecule has 0 aromatic heterocycles. The van der Waals surface area contributed by atoms with Gasteiger partial charge in [0.05, 0.1) is 0 Å². The van der Waals surface area contributed by atoms with Crippen LogP contribution in [0.5, 0.6) is 0 Å². The largest absolute Gasteiger partial charge is 0.340 e. The molecule has 4 nitrogen and oxygen atoms in total. The van der Waals surface area contributed by atoms with Crippen LogP contribution in [0, 0.1) is 11.6 Å². The second-order valence-corrected chi connectivity index (χ2v) is 6.35. The smallest absolute Gasteiger partial charge is 0.253 e. The van der Waals surface area contributed by atoms with Gasteiger partial charge in [-0.2, -0.15) is 0 Å². The Morgan fingerprint density at radius 1 is 1.29 bits per heavy atom. The number of carbonyl (C=O) groups is 2. The van der Waals surface area contributed by atoms with Gasteiger partial charge < -0.3 is 5.32 Å². The van der Waals surface area contributed by atoms with E-state index in [0.717, 1.165) is 17.0 Å². The highest BCUT2D eigenvalue weighted by Gasteiger charge is 2.46. The zero-order chi connectivity index (χ0) is 15.9. The summed E-state index contributed by atoms with van der Waals surface area (Å²) in [4.78, 5) is 25.5. The van der Waals surface area contributed by atoms with Crippen LogP contribution in [0.4, 0.5) is 14.5 Å². The number of halogens is 3. The van der Waals surface area contributed by atoms with Crippen molar-refractivity contribution < 1.29 is 18.4 Å². The molecule has 1 aliphatic rings. The van der Waals surface area contributed by atoms with E-state index in [9.17, 15) is 18.4 Å². The number of piperazine rings is 1. The maximum absolute atomic E-state index is 14.2. The van der Waals surface area contributed by atoms with Crippen molar-refractivity contribution in [3.8, 4) is 0 Å². The number of amides is 2. The van der Waals surface area contributed by atoms with Gasteiger partial charge in [0.1, 0.15) is 17.3 Å². The summed E-state index contributed by atoms with van der Waals surface area (Å²) in [6.07, 6.45) is 0.253. The molecule has 21 heavy (non-hydrogen) atoms. The van der Waals surface area contributed by atoms with E-state index < -0.39 is 40.7 Å². The predicted octanol–water partition coefficient (Wildman–Crippen LogP) is 2.75. The van der Waals surface area contributed by atoms with E-state index in [1.54, 1.807) is 6.92 Å². The fourth-order valence-corrected chi connectivity index (χ4v) is 2.80. The molecule has 1 atom stereocenters. The third-order valence-electron chi connectivity index (χ3n) is 3.41. The lowest BCUT2D eigenvalue weighted by Crippen LogP contribution is -2.68. The van der Waals surface area contributed by atoms with Gasteiger partial charge in [0.2, 0.25) is 5.91 Å². The average Bonchev–Trinajstić information content (AvgIpc) is 2.33. The topological polar surface area (TPSA) is 49.4 Å². The number of rotatable bonds is 2. The van der Waals surface area contributed by atoms with Crippen LogP contribution in [-0.2, 0) is 9.59 Å². The molecule has 1 saturated heterocycles. The maximum atomic E-state index is 14.2.